The molecule has 3 N–H and O–H groups in total. The Kier molecular flexibility index (Phi) is 3.12. The van der Waals surface area contributed by atoms with Gasteiger partial charge in [0, 0.05) is 6.54 Å². The van der Waals surface area contributed by atoms with E-state index in [9.17, 15) is 4.79 Å². The molecule has 0 aliphatic rings. The highest BCUT2D eigenvalue weighted by Gasteiger charge is 2.02. The Morgan fingerprint density at radius 3 is 2.81 bits per heavy atom. The Bertz CT molecular complexity index is 439. The standard InChI is InChI=1S/C10H11N5O/c16-10(13-9-7-12-15-14-9)11-6-8-4-2-1-3-5-8/h1-5,7H,6H2,(H3,11,12,13,14,15,16). The number of benzene rings is 1. The van der Waals surface area contributed by atoms with E-state index < -0.39 is 0 Å². The fourth-order valence-electron chi connectivity index (χ4n) is 1.20. The van der Waals surface area contributed by atoms with Crippen molar-refractivity contribution in [3.05, 3.63) is 42.1 Å². The van der Waals surface area contributed by atoms with Crippen molar-refractivity contribution in [2.24, 2.45) is 0 Å². The molecule has 1 aromatic heterocycles. The number of aromatic amines is 1. The summed E-state index contributed by atoms with van der Waals surface area (Å²) in [5, 5.41) is 14.9. The summed E-state index contributed by atoms with van der Waals surface area (Å²) in [4.78, 5) is 11.4. The monoisotopic (exact) mass is 217 g/mol. The van der Waals surface area contributed by atoms with Gasteiger partial charge in [-0.1, -0.05) is 30.3 Å². The van der Waals surface area contributed by atoms with Gasteiger partial charge in [-0.15, -0.1) is 5.10 Å². The van der Waals surface area contributed by atoms with Gasteiger partial charge >= 0.3 is 6.03 Å². The van der Waals surface area contributed by atoms with Crippen LogP contribution in [0.1, 0.15) is 5.56 Å². The van der Waals surface area contributed by atoms with E-state index in [1.54, 1.807) is 0 Å². The van der Waals surface area contributed by atoms with Gasteiger partial charge in [-0.25, -0.2) is 4.79 Å². The molecule has 82 valence electrons. The molecule has 0 saturated carbocycles. The van der Waals surface area contributed by atoms with Crippen LogP contribution in [0, 0.1) is 0 Å². The number of carbonyl (C=O) groups is 1. The number of carbonyl (C=O) groups excluding carboxylic acids is 1. The van der Waals surface area contributed by atoms with E-state index in [2.05, 4.69) is 26.0 Å². The fraction of sp³-hybridized carbons (Fsp3) is 0.100. The number of amides is 2. The molecular formula is C10H11N5O. The first-order valence-electron chi connectivity index (χ1n) is 4.79. The van der Waals surface area contributed by atoms with Crippen LogP contribution in [0.2, 0.25) is 0 Å². The third-order valence-electron chi connectivity index (χ3n) is 1.95. The molecule has 0 spiro atoms. The Labute approximate surface area is 92.1 Å². The third kappa shape index (κ3) is 2.81. The fourth-order valence-corrected chi connectivity index (χ4v) is 1.20. The zero-order valence-corrected chi connectivity index (χ0v) is 8.47. The highest BCUT2D eigenvalue weighted by Crippen LogP contribution is 1.98. The third-order valence-corrected chi connectivity index (χ3v) is 1.95. The summed E-state index contributed by atoms with van der Waals surface area (Å²) >= 11 is 0. The maximum absolute atomic E-state index is 11.4. The normalized spacial score (nSPS) is 9.75. The number of hydrogen-bond donors (Lipinski definition) is 3. The lowest BCUT2D eigenvalue weighted by atomic mass is 10.2. The topological polar surface area (TPSA) is 82.7 Å². The van der Waals surface area contributed by atoms with Crippen molar-refractivity contribution in [2.75, 3.05) is 5.32 Å². The number of urea groups is 1. The van der Waals surface area contributed by atoms with Crippen molar-refractivity contribution in [1.82, 2.24) is 20.7 Å². The molecule has 0 atom stereocenters. The van der Waals surface area contributed by atoms with Gasteiger partial charge in [0.25, 0.3) is 0 Å². The average molecular weight is 217 g/mol. The Morgan fingerprint density at radius 2 is 2.12 bits per heavy atom. The Hall–Kier alpha value is -2.37. The minimum Gasteiger partial charge on any atom is -0.334 e. The van der Waals surface area contributed by atoms with Gasteiger partial charge in [0.1, 0.15) is 0 Å². The van der Waals surface area contributed by atoms with Gasteiger partial charge in [-0.3, -0.25) is 5.32 Å². The van der Waals surface area contributed by atoms with Gasteiger partial charge in [-0.2, -0.15) is 10.3 Å². The van der Waals surface area contributed by atoms with Crippen LogP contribution in [0.3, 0.4) is 0 Å². The van der Waals surface area contributed by atoms with E-state index >= 15 is 0 Å². The Balaban J connectivity index is 1.80. The lowest BCUT2D eigenvalue weighted by Gasteiger charge is -2.04. The van der Waals surface area contributed by atoms with E-state index in [1.165, 1.54) is 6.20 Å². The molecule has 6 nitrogen and oxygen atoms in total. The van der Waals surface area contributed by atoms with Gasteiger partial charge in [-0.05, 0) is 5.56 Å². The van der Waals surface area contributed by atoms with Crippen LogP contribution in [0.15, 0.2) is 36.5 Å². The SMILES string of the molecule is O=C(NCc1ccccc1)Nc1cn[nH]n1. The van der Waals surface area contributed by atoms with Crippen LogP contribution in [0.4, 0.5) is 10.6 Å². The van der Waals surface area contributed by atoms with Crippen LogP contribution in [-0.2, 0) is 6.54 Å². The minimum absolute atomic E-state index is 0.308. The molecule has 0 aliphatic carbocycles. The van der Waals surface area contributed by atoms with Crippen molar-refractivity contribution in [3.63, 3.8) is 0 Å². The van der Waals surface area contributed by atoms with Gasteiger partial charge in [0.2, 0.25) is 0 Å². The number of hydrogen-bond acceptors (Lipinski definition) is 3. The smallest absolute Gasteiger partial charge is 0.320 e. The minimum atomic E-state index is -0.308. The quantitative estimate of drug-likeness (QED) is 0.720. The van der Waals surface area contributed by atoms with Gasteiger partial charge in [0.15, 0.2) is 5.82 Å². The molecule has 1 heterocycles. The van der Waals surface area contributed by atoms with E-state index in [1.807, 2.05) is 30.3 Å². The second-order valence-corrected chi connectivity index (χ2v) is 3.15. The number of nitrogens with zero attached hydrogens (tertiary/aromatic N) is 2. The molecule has 0 unspecified atom stereocenters. The molecule has 2 amide bonds. The summed E-state index contributed by atoms with van der Waals surface area (Å²) in [5.74, 6) is 0.394. The summed E-state index contributed by atoms with van der Waals surface area (Å²) in [7, 11) is 0. The van der Waals surface area contributed by atoms with Gasteiger partial charge in [0.05, 0.1) is 6.20 Å². The van der Waals surface area contributed by atoms with Crippen molar-refractivity contribution < 1.29 is 4.79 Å². The molecule has 2 aromatic rings. The van der Waals surface area contributed by atoms with Crippen molar-refractivity contribution in [2.45, 2.75) is 6.54 Å². The molecule has 1 aromatic carbocycles. The molecular weight excluding hydrogens is 206 g/mol. The molecule has 6 heteroatoms. The van der Waals surface area contributed by atoms with Crippen LogP contribution in [0.5, 0.6) is 0 Å². The molecule has 0 aliphatic heterocycles. The predicted octanol–water partition coefficient (Wildman–Crippen LogP) is 1.13. The van der Waals surface area contributed by atoms with Crippen LogP contribution < -0.4 is 10.6 Å². The molecule has 0 bridgehead atoms. The summed E-state index contributed by atoms with van der Waals surface area (Å²) < 4.78 is 0. The van der Waals surface area contributed by atoms with E-state index in [0.29, 0.717) is 12.4 Å². The number of nitrogens with one attached hydrogen (secondary N) is 3. The van der Waals surface area contributed by atoms with Crippen molar-refractivity contribution in [1.29, 1.82) is 0 Å². The lowest BCUT2D eigenvalue weighted by molar-refractivity contribution is 0.251. The van der Waals surface area contributed by atoms with E-state index in [0.717, 1.165) is 5.56 Å². The van der Waals surface area contributed by atoms with E-state index in [4.69, 9.17) is 0 Å². The predicted molar refractivity (Wildman–Crippen MR) is 58.7 cm³/mol. The molecule has 0 saturated heterocycles. The molecule has 0 fully saturated rings. The number of anilines is 1. The molecule has 16 heavy (non-hydrogen) atoms. The van der Waals surface area contributed by atoms with Crippen LogP contribution in [0.25, 0.3) is 0 Å². The second-order valence-electron chi connectivity index (χ2n) is 3.15. The average Bonchev–Trinajstić information content (AvgIpc) is 2.81. The first kappa shape index (κ1) is 10.2. The second kappa shape index (κ2) is 4.92. The number of H-pyrrole nitrogens is 1. The molecule has 0 radical (unpaired) electrons. The first-order chi connectivity index (χ1) is 7.84. The summed E-state index contributed by atoms with van der Waals surface area (Å²) in [6, 6.07) is 9.35. The summed E-state index contributed by atoms with van der Waals surface area (Å²) in [6.07, 6.45) is 1.43. The van der Waals surface area contributed by atoms with Crippen molar-refractivity contribution >= 4 is 11.8 Å². The number of aromatic nitrogens is 3. The Morgan fingerprint density at radius 1 is 1.31 bits per heavy atom. The highest BCUT2D eigenvalue weighted by molar-refractivity contribution is 5.87. The maximum Gasteiger partial charge on any atom is 0.320 e. The lowest BCUT2D eigenvalue weighted by Crippen LogP contribution is -2.28. The van der Waals surface area contributed by atoms with Crippen molar-refractivity contribution in [3.8, 4) is 0 Å². The highest BCUT2D eigenvalue weighted by atomic mass is 16.2. The molecule has 2 rings (SSSR count). The van der Waals surface area contributed by atoms with Crippen LogP contribution >= 0.6 is 0 Å². The largest absolute Gasteiger partial charge is 0.334 e. The zero-order valence-electron chi connectivity index (χ0n) is 8.47. The van der Waals surface area contributed by atoms with Gasteiger partial charge < -0.3 is 5.32 Å². The zero-order chi connectivity index (χ0) is 11.2. The van der Waals surface area contributed by atoms with E-state index in [-0.39, 0.29) is 6.03 Å². The number of rotatable bonds is 3. The summed E-state index contributed by atoms with van der Waals surface area (Å²) in [6.45, 7) is 0.477. The van der Waals surface area contributed by atoms with Crippen LogP contribution in [-0.4, -0.2) is 21.4 Å². The summed E-state index contributed by atoms with van der Waals surface area (Å²) in [5.41, 5.74) is 1.04. The first-order valence-corrected chi connectivity index (χ1v) is 4.79. The maximum atomic E-state index is 11.4.